The van der Waals surface area contributed by atoms with Crippen molar-refractivity contribution >= 4 is 38.7 Å². The van der Waals surface area contributed by atoms with Crippen molar-refractivity contribution in [3.8, 4) is 23.3 Å². The highest BCUT2D eigenvalue weighted by atomic mass is 32.1. The third-order valence-corrected chi connectivity index (χ3v) is 5.52. The number of hydrogen-bond acceptors (Lipinski definition) is 7. The zero-order valence-electron chi connectivity index (χ0n) is 17.3. The Hall–Kier alpha value is -3.57. The molecule has 3 rings (SSSR count). The Morgan fingerprint density at radius 3 is 2.27 bits per heavy atom. The van der Waals surface area contributed by atoms with E-state index in [1.807, 2.05) is 32.0 Å². The minimum atomic E-state index is -0.543. The van der Waals surface area contributed by atoms with Crippen LogP contribution in [0.15, 0.2) is 29.8 Å². The molecule has 0 atom stereocenters. The summed E-state index contributed by atoms with van der Waals surface area (Å²) in [6, 6.07) is 9.28. The summed E-state index contributed by atoms with van der Waals surface area (Å²) >= 11 is 1.36. The number of methoxy groups -OCH3 is 3. The first-order chi connectivity index (χ1) is 14.4. The van der Waals surface area contributed by atoms with E-state index in [0.29, 0.717) is 27.9 Å². The molecular weight excluding hydrogens is 402 g/mol. The van der Waals surface area contributed by atoms with Gasteiger partial charge >= 0.3 is 0 Å². The lowest BCUT2D eigenvalue weighted by Gasteiger charge is -2.13. The number of amides is 1. The first-order valence-electron chi connectivity index (χ1n) is 9.01. The minimum absolute atomic E-state index is 0.0732. The molecular formula is C22H21N3O4S. The van der Waals surface area contributed by atoms with Crippen molar-refractivity contribution in [1.29, 1.82) is 5.26 Å². The summed E-state index contributed by atoms with van der Waals surface area (Å²) in [6.07, 6.45) is 1.46. The second kappa shape index (κ2) is 8.84. The number of hydrogen-bond donors (Lipinski definition) is 1. The summed E-state index contributed by atoms with van der Waals surface area (Å²) in [4.78, 5) is 17.1. The number of thiazole rings is 1. The van der Waals surface area contributed by atoms with Crippen LogP contribution in [0, 0.1) is 25.2 Å². The van der Waals surface area contributed by atoms with Crippen molar-refractivity contribution < 1.29 is 19.0 Å². The first-order valence-corrected chi connectivity index (χ1v) is 9.82. The van der Waals surface area contributed by atoms with E-state index >= 15 is 0 Å². The lowest BCUT2D eigenvalue weighted by Crippen LogP contribution is -2.13. The molecule has 3 aromatic rings. The van der Waals surface area contributed by atoms with E-state index in [4.69, 9.17) is 14.2 Å². The van der Waals surface area contributed by atoms with Crippen molar-refractivity contribution in [2.45, 2.75) is 13.8 Å². The van der Waals surface area contributed by atoms with Crippen LogP contribution in [0.5, 0.6) is 17.2 Å². The number of nitrogens with one attached hydrogen (secondary N) is 1. The lowest BCUT2D eigenvalue weighted by molar-refractivity contribution is -0.112. The van der Waals surface area contributed by atoms with E-state index < -0.39 is 5.91 Å². The van der Waals surface area contributed by atoms with Crippen molar-refractivity contribution in [1.82, 2.24) is 4.98 Å². The maximum absolute atomic E-state index is 12.7. The monoisotopic (exact) mass is 423 g/mol. The second-order valence-corrected chi connectivity index (χ2v) is 7.54. The highest BCUT2D eigenvalue weighted by molar-refractivity contribution is 7.22. The molecule has 30 heavy (non-hydrogen) atoms. The van der Waals surface area contributed by atoms with Gasteiger partial charge in [0, 0.05) is 0 Å². The molecule has 0 aliphatic carbocycles. The fraction of sp³-hybridized carbons (Fsp3) is 0.227. The Morgan fingerprint density at radius 1 is 1.07 bits per heavy atom. The number of aryl methyl sites for hydroxylation is 2. The largest absolute Gasteiger partial charge is 0.493 e. The van der Waals surface area contributed by atoms with Gasteiger partial charge in [0.1, 0.15) is 11.6 Å². The topological polar surface area (TPSA) is 93.5 Å². The van der Waals surface area contributed by atoms with Crippen LogP contribution in [0.1, 0.15) is 16.7 Å². The number of aromatic nitrogens is 1. The van der Waals surface area contributed by atoms with Crippen molar-refractivity contribution in [2.24, 2.45) is 0 Å². The third-order valence-electron chi connectivity index (χ3n) is 4.59. The molecule has 8 heteroatoms. The number of ether oxygens (including phenoxy) is 3. The maximum atomic E-state index is 12.7. The van der Waals surface area contributed by atoms with Gasteiger partial charge in [-0.05, 0) is 60.9 Å². The predicted octanol–water partition coefficient (Wildman–Crippen LogP) is 4.48. The molecule has 0 fully saturated rings. The standard InChI is InChI=1S/C22H21N3O4S/c1-12-6-16-19(7-13(12)2)30-22(24-16)25-21(26)15(11-23)8-14-9-17(27-3)20(29-5)18(10-14)28-4/h6-10H,1-5H3,(H,24,25,26)/b15-8+. The minimum Gasteiger partial charge on any atom is -0.493 e. The highest BCUT2D eigenvalue weighted by Gasteiger charge is 2.16. The second-order valence-electron chi connectivity index (χ2n) is 6.51. The van der Waals surface area contributed by atoms with E-state index in [2.05, 4.69) is 10.3 Å². The quantitative estimate of drug-likeness (QED) is 0.464. The number of benzene rings is 2. The molecule has 0 saturated heterocycles. The van der Waals surface area contributed by atoms with Gasteiger partial charge in [-0.15, -0.1) is 0 Å². The Balaban J connectivity index is 1.91. The van der Waals surface area contributed by atoms with Gasteiger partial charge in [0.05, 0.1) is 31.5 Å². The van der Waals surface area contributed by atoms with E-state index in [1.54, 1.807) is 12.1 Å². The first kappa shape index (κ1) is 21.1. The van der Waals surface area contributed by atoms with Crippen LogP contribution in [-0.4, -0.2) is 32.2 Å². The molecule has 0 aliphatic heterocycles. The molecule has 0 spiro atoms. The van der Waals surface area contributed by atoms with E-state index in [1.165, 1.54) is 38.7 Å². The fourth-order valence-electron chi connectivity index (χ4n) is 2.90. The van der Waals surface area contributed by atoms with Crippen LogP contribution in [0.25, 0.3) is 16.3 Å². The number of nitriles is 1. The van der Waals surface area contributed by atoms with Crippen LogP contribution in [0.2, 0.25) is 0 Å². The van der Waals surface area contributed by atoms with Gasteiger partial charge in [0.25, 0.3) is 5.91 Å². The molecule has 1 aromatic heterocycles. The van der Waals surface area contributed by atoms with Crippen LogP contribution in [0.4, 0.5) is 5.13 Å². The molecule has 1 amide bonds. The van der Waals surface area contributed by atoms with Gasteiger partial charge in [-0.1, -0.05) is 11.3 Å². The zero-order valence-corrected chi connectivity index (χ0v) is 18.1. The number of nitrogens with zero attached hydrogens (tertiary/aromatic N) is 2. The van der Waals surface area contributed by atoms with Crippen LogP contribution in [-0.2, 0) is 4.79 Å². The SMILES string of the molecule is COc1cc(/C=C(\C#N)C(=O)Nc2nc3cc(C)c(C)cc3s2)cc(OC)c1OC. The third kappa shape index (κ3) is 4.21. The number of carbonyl (C=O) groups excluding carboxylic acids is 1. The van der Waals surface area contributed by atoms with E-state index in [0.717, 1.165) is 21.3 Å². The summed E-state index contributed by atoms with van der Waals surface area (Å²) < 4.78 is 16.9. The van der Waals surface area contributed by atoms with Crippen LogP contribution < -0.4 is 19.5 Å². The smallest absolute Gasteiger partial charge is 0.268 e. The number of rotatable bonds is 6. The summed E-state index contributed by atoms with van der Waals surface area (Å²) in [6.45, 7) is 4.04. The highest BCUT2D eigenvalue weighted by Crippen LogP contribution is 2.38. The molecule has 7 nitrogen and oxygen atoms in total. The van der Waals surface area contributed by atoms with Crippen LogP contribution in [0.3, 0.4) is 0 Å². The summed E-state index contributed by atoms with van der Waals surface area (Å²) in [5.41, 5.74) is 3.59. The van der Waals surface area contributed by atoms with E-state index in [9.17, 15) is 10.1 Å². The zero-order chi connectivity index (χ0) is 21.8. The summed E-state index contributed by atoms with van der Waals surface area (Å²) in [5.74, 6) is 0.745. The Bertz CT molecular complexity index is 1130. The number of anilines is 1. The molecule has 1 N–H and O–H groups in total. The predicted molar refractivity (Wildman–Crippen MR) is 117 cm³/mol. The molecule has 0 saturated carbocycles. The number of fused-ring (bicyclic) bond motifs is 1. The molecule has 0 radical (unpaired) electrons. The molecule has 2 aromatic carbocycles. The van der Waals surface area contributed by atoms with Gasteiger partial charge in [-0.2, -0.15) is 5.26 Å². The van der Waals surface area contributed by atoms with Crippen molar-refractivity contribution in [3.63, 3.8) is 0 Å². The van der Waals surface area contributed by atoms with Crippen LogP contribution >= 0.6 is 11.3 Å². The van der Waals surface area contributed by atoms with Crippen molar-refractivity contribution in [3.05, 3.63) is 46.5 Å². The van der Waals surface area contributed by atoms with Gasteiger partial charge in [-0.3, -0.25) is 10.1 Å². The number of carbonyl (C=O) groups is 1. The average molecular weight is 423 g/mol. The van der Waals surface area contributed by atoms with E-state index in [-0.39, 0.29) is 5.57 Å². The Labute approximate surface area is 178 Å². The van der Waals surface area contributed by atoms with Gasteiger partial charge in [0.2, 0.25) is 5.75 Å². The molecule has 154 valence electrons. The molecule has 1 heterocycles. The van der Waals surface area contributed by atoms with Gasteiger partial charge < -0.3 is 14.2 Å². The van der Waals surface area contributed by atoms with Crippen molar-refractivity contribution in [2.75, 3.05) is 26.6 Å². The molecule has 0 bridgehead atoms. The Morgan fingerprint density at radius 2 is 1.70 bits per heavy atom. The van der Waals surface area contributed by atoms with Gasteiger partial charge in [-0.25, -0.2) is 4.98 Å². The van der Waals surface area contributed by atoms with Gasteiger partial charge in [0.15, 0.2) is 16.6 Å². The maximum Gasteiger partial charge on any atom is 0.268 e. The average Bonchev–Trinajstić information content (AvgIpc) is 3.11. The summed E-state index contributed by atoms with van der Waals surface area (Å²) in [7, 11) is 4.50. The Kier molecular flexibility index (Phi) is 6.23. The lowest BCUT2D eigenvalue weighted by atomic mass is 10.1. The molecule has 0 unspecified atom stereocenters. The fourth-order valence-corrected chi connectivity index (χ4v) is 3.84. The normalized spacial score (nSPS) is 11.1. The summed E-state index contributed by atoms with van der Waals surface area (Å²) in [5, 5.41) is 12.7. The molecule has 0 aliphatic rings.